The molecular formula is C12H13NO2S. The van der Waals surface area contributed by atoms with Crippen molar-refractivity contribution in [3.05, 3.63) is 34.7 Å². The van der Waals surface area contributed by atoms with Crippen molar-refractivity contribution in [2.45, 2.75) is 23.8 Å². The van der Waals surface area contributed by atoms with Gasteiger partial charge in [0.2, 0.25) is 9.84 Å². The zero-order valence-corrected chi connectivity index (χ0v) is 9.63. The minimum atomic E-state index is -3.23. The van der Waals surface area contributed by atoms with Gasteiger partial charge in [-0.15, -0.1) is 0 Å². The molecule has 1 aromatic rings. The zero-order chi connectivity index (χ0) is 11.2. The van der Waals surface area contributed by atoms with Crippen molar-refractivity contribution in [1.82, 2.24) is 5.32 Å². The number of rotatable bonds is 1. The van der Waals surface area contributed by atoms with Crippen LogP contribution in [0.4, 0.5) is 0 Å². The molecule has 1 N–H and O–H groups in total. The van der Waals surface area contributed by atoms with Crippen LogP contribution in [0.1, 0.15) is 18.4 Å². The maximum absolute atomic E-state index is 12.3. The number of sulfone groups is 1. The van der Waals surface area contributed by atoms with Crippen molar-refractivity contribution in [2.24, 2.45) is 0 Å². The van der Waals surface area contributed by atoms with Gasteiger partial charge in [-0.25, -0.2) is 8.42 Å². The molecule has 3 rings (SSSR count). The molecule has 2 aliphatic heterocycles. The fourth-order valence-electron chi connectivity index (χ4n) is 2.42. The summed E-state index contributed by atoms with van der Waals surface area (Å²) >= 11 is 0. The molecule has 4 heteroatoms. The van der Waals surface area contributed by atoms with Crippen LogP contribution in [0.5, 0.6) is 0 Å². The van der Waals surface area contributed by atoms with E-state index in [0.29, 0.717) is 9.80 Å². The monoisotopic (exact) mass is 235 g/mol. The highest BCUT2D eigenvalue weighted by atomic mass is 32.2. The number of nitrogens with one attached hydrogen (secondary N) is 1. The number of fused-ring (bicyclic) bond motifs is 1. The molecule has 0 spiro atoms. The standard InChI is InChI=1S/C12H13NO2S/c14-16(15)11-6-2-1-4-9(11)8-12(16)10-5-3-7-13-10/h1-2,4,6,8,10,13H,3,5,7H2. The SMILES string of the molecule is O=S1(=O)C(C2CCCN2)=Cc2ccccc21. The van der Waals surface area contributed by atoms with E-state index >= 15 is 0 Å². The van der Waals surface area contributed by atoms with Gasteiger partial charge in [-0.05, 0) is 37.1 Å². The van der Waals surface area contributed by atoms with E-state index < -0.39 is 9.84 Å². The van der Waals surface area contributed by atoms with Gasteiger partial charge in [-0.2, -0.15) is 0 Å². The molecule has 0 aromatic heterocycles. The van der Waals surface area contributed by atoms with Gasteiger partial charge in [0, 0.05) is 6.04 Å². The Balaban J connectivity index is 2.11. The van der Waals surface area contributed by atoms with Crippen molar-refractivity contribution < 1.29 is 8.42 Å². The van der Waals surface area contributed by atoms with Crippen LogP contribution in [0.2, 0.25) is 0 Å². The van der Waals surface area contributed by atoms with Crippen molar-refractivity contribution in [1.29, 1.82) is 0 Å². The highest BCUT2D eigenvalue weighted by Crippen LogP contribution is 2.36. The minimum Gasteiger partial charge on any atom is -0.309 e. The van der Waals surface area contributed by atoms with E-state index in [4.69, 9.17) is 0 Å². The quantitative estimate of drug-likeness (QED) is 0.803. The van der Waals surface area contributed by atoms with Crippen LogP contribution in [-0.4, -0.2) is 21.0 Å². The average molecular weight is 235 g/mol. The van der Waals surface area contributed by atoms with Gasteiger partial charge in [-0.3, -0.25) is 0 Å². The van der Waals surface area contributed by atoms with Gasteiger partial charge in [0.15, 0.2) is 0 Å². The third kappa shape index (κ3) is 1.33. The second kappa shape index (κ2) is 3.43. The Bertz CT molecular complexity index is 554. The molecule has 3 nitrogen and oxygen atoms in total. The lowest BCUT2D eigenvalue weighted by atomic mass is 10.1. The summed E-state index contributed by atoms with van der Waals surface area (Å²) in [7, 11) is -3.23. The molecule has 1 fully saturated rings. The molecule has 2 heterocycles. The van der Waals surface area contributed by atoms with Crippen LogP contribution in [0.3, 0.4) is 0 Å². The van der Waals surface area contributed by atoms with Gasteiger partial charge in [0.25, 0.3) is 0 Å². The molecule has 1 unspecified atom stereocenters. The molecule has 16 heavy (non-hydrogen) atoms. The second-order valence-electron chi connectivity index (χ2n) is 4.24. The van der Waals surface area contributed by atoms with Crippen molar-refractivity contribution in [3.63, 3.8) is 0 Å². The molecule has 0 saturated carbocycles. The number of hydrogen-bond donors (Lipinski definition) is 1. The highest BCUT2D eigenvalue weighted by Gasteiger charge is 2.35. The topological polar surface area (TPSA) is 46.2 Å². The van der Waals surface area contributed by atoms with Crippen LogP contribution in [-0.2, 0) is 9.84 Å². The van der Waals surface area contributed by atoms with E-state index in [1.165, 1.54) is 0 Å². The third-order valence-electron chi connectivity index (χ3n) is 3.22. The smallest absolute Gasteiger partial charge is 0.204 e. The first-order valence-corrected chi connectivity index (χ1v) is 6.97. The summed E-state index contributed by atoms with van der Waals surface area (Å²) in [6, 6.07) is 7.20. The first-order chi connectivity index (χ1) is 7.69. The average Bonchev–Trinajstić information content (AvgIpc) is 2.86. The third-order valence-corrected chi connectivity index (χ3v) is 5.19. The van der Waals surface area contributed by atoms with E-state index in [1.807, 2.05) is 18.2 Å². The van der Waals surface area contributed by atoms with Crippen LogP contribution in [0.25, 0.3) is 6.08 Å². The van der Waals surface area contributed by atoms with Gasteiger partial charge >= 0.3 is 0 Å². The second-order valence-corrected chi connectivity index (χ2v) is 6.16. The first-order valence-electron chi connectivity index (χ1n) is 5.49. The fraction of sp³-hybridized carbons (Fsp3) is 0.333. The Kier molecular flexibility index (Phi) is 2.16. The van der Waals surface area contributed by atoms with Crippen LogP contribution < -0.4 is 5.32 Å². The lowest BCUT2D eigenvalue weighted by Crippen LogP contribution is -2.26. The van der Waals surface area contributed by atoms with Gasteiger partial charge in [0.1, 0.15) is 0 Å². The molecule has 2 aliphatic rings. The van der Waals surface area contributed by atoms with E-state index in [2.05, 4.69) is 5.32 Å². The summed E-state index contributed by atoms with van der Waals surface area (Å²) in [4.78, 5) is 1.00. The van der Waals surface area contributed by atoms with E-state index in [0.717, 1.165) is 24.9 Å². The Labute approximate surface area is 95.1 Å². The Morgan fingerprint density at radius 1 is 1.25 bits per heavy atom. The summed E-state index contributed by atoms with van der Waals surface area (Å²) in [5, 5.41) is 3.24. The molecule has 0 bridgehead atoms. The fourth-order valence-corrected chi connectivity index (χ4v) is 4.22. The Hall–Kier alpha value is -1.13. The normalized spacial score (nSPS) is 26.5. The Morgan fingerprint density at radius 3 is 2.75 bits per heavy atom. The van der Waals surface area contributed by atoms with E-state index in [1.54, 1.807) is 12.1 Å². The Morgan fingerprint density at radius 2 is 2.06 bits per heavy atom. The predicted molar refractivity (Wildman–Crippen MR) is 62.6 cm³/mol. The van der Waals surface area contributed by atoms with Crippen molar-refractivity contribution >= 4 is 15.9 Å². The van der Waals surface area contributed by atoms with Gasteiger partial charge in [-0.1, -0.05) is 18.2 Å². The summed E-state index contributed by atoms with van der Waals surface area (Å²) in [5.74, 6) is 0. The predicted octanol–water partition coefficient (Wildman–Crippen LogP) is 1.57. The minimum absolute atomic E-state index is 0.0115. The lowest BCUT2D eigenvalue weighted by Gasteiger charge is -2.11. The molecule has 0 amide bonds. The maximum atomic E-state index is 12.3. The molecule has 1 atom stereocenters. The summed E-state index contributed by atoms with van der Waals surface area (Å²) in [6.07, 6.45) is 3.78. The van der Waals surface area contributed by atoms with Crippen molar-refractivity contribution in [3.8, 4) is 0 Å². The highest BCUT2D eigenvalue weighted by molar-refractivity contribution is 7.96. The molecule has 1 aromatic carbocycles. The number of benzene rings is 1. The zero-order valence-electron chi connectivity index (χ0n) is 8.81. The van der Waals surface area contributed by atoms with Crippen LogP contribution in [0, 0.1) is 0 Å². The largest absolute Gasteiger partial charge is 0.309 e. The van der Waals surface area contributed by atoms with Gasteiger partial charge < -0.3 is 5.32 Å². The van der Waals surface area contributed by atoms with Crippen LogP contribution in [0.15, 0.2) is 34.1 Å². The molecule has 0 radical (unpaired) electrons. The molecule has 0 aliphatic carbocycles. The van der Waals surface area contributed by atoms with Crippen molar-refractivity contribution in [2.75, 3.05) is 6.54 Å². The lowest BCUT2D eigenvalue weighted by molar-refractivity contribution is 0.595. The van der Waals surface area contributed by atoms with Gasteiger partial charge in [0.05, 0.1) is 9.80 Å². The van der Waals surface area contributed by atoms with E-state index in [9.17, 15) is 8.42 Å². The molecule has 84 valence electrons. The van der Waals surface area contributed by atoms with Crippen LogP contribution >= 0.6 is 0 Å². The van der Waals surface area contributed by atoms with E-state index in [-0.39, 0.29) is 6.04 Å². The summed E-state index contributed by atoms with van der Waals surface area (Å²) < 4.78 is 24.5. The molecular weight excluding hydrogens is 222 g/mol. The number of hydrogen-bond acceptors (Lipinski definition) is 3. The first kappa shape index (κ1) is 10.1. The summed E-state index contributed by atoms with van der Waals surface area (Å²) in [6.45, 7) is 0.911. The molecule has 1 saturated heterocycles. The maximum Gasteiger partial charge on any atom is 0.204 e. The summed E-state index contributed by atoms with van der Waals surface area (Å²) in [5.41, 5.74) is 0.825.